The molecule has 2 amide bonds. The van der Waals surface area contributed by atoms with Gasteiger partial charge in [0.25, 0.3) is 0 Å². The average Bonchev–Trinajstić information content (AvgIpc) is 2.19. The summed E-state index contributed by atoms with van der Waals surface area (Å²) in [6.07, 6.45) is 0. The van der Waals surface area contributed by atoms with E-state index in [2.05, 4.69) is 10.6 Å². The Bertz CT molecular complexity index is 475. The molecule has 0 saturated carbocycles. The van der Waals surface area contributed by atoms with Crippen molar-refractivity contribution in [2.45, 2.75) is 6.92 Å². The molecule has 0 atom stereocenters. The Labute approximate surface area is 92.6 Å². The number of primary amides is 1. The van der Waals surface area contributed by atoms with Gasteiger partial charge >= 0.3 is 6.03 Å². The summed E-state index contributed by atoms with van der Waals surface area (Å²) in [5, 5.41) is 20.8. The molecule has 16 heavy (non-hydrogen) atoms. The van der Waals surface area contributed by atoms with Crippen LogP contribution < -0.4 is 16.4 Å². The quantitative estimate of drug-likeness (QED) is 0.413. The lowest BCUT2D eigenvalue weighted by atomic mass is 10.1. The first-order valence-electron chi connectivity index (χ1n) is 4.45. The van der Waals surface area contributed by atoms with E-state index < -0.39 is 6.03 Å². The molecule has 0 aromatic heterocycles. The molecule has 0 spiro atoms. The van der Waals surface area contributed by atoms with Crippen molar-refractivity contribution in [3.63, 3.8) is 0 Å². The maximum atomic E-state index is 10.5. The van der Waals surface area contributed by atoms with Gasteiger partial charge in [-0.05, 0) is 24.6 Å². The highest BCUT2D eigenvalue weighted by Crippen LogP contribution is 2.15. The fraction of sp³-hybridized carbons (Fsp3) is 0.100. The molecule has 6 nitrogen and oxygen atoms in total. The van der Waals surface area contributed by atoms with Crippen LogP contribution in [0, 0.1) is 23.7 Å². The van der Waals surface area contributed by atoms with Gasteiger partial charge in [-0.1, -0.05) is 6.07 Å². The second-order valence-corrected chi connectivity index (χ2v) is 3.15. The number of benzene rings is 1. The third-order valence-corrected chi connectivity index (χ3v) is 1.80. The summed E-state index contributed by atoms with van der Waals surface area (Å²) < 4.78 is 0. The molecule has 1 rings (SSSR count). The number of rotatable bonds is 1. The van der Waals surface area contributed by atoms with E-state index in [1.54, 1.807) is 18.2 Å². The zero-order valence-corrected chi connectivity index (χ0v) is 8.66. The number of nitriles is 1. The number of urea groups is 1. The number of carbonyl (C=O) groups excluding carboxylic acids is 1. The minimum absolute atomic E-state index is 0.271. The van der Waals surface area contributed by atoms with Crippen LogP contribution in [0.4, 0.5) is 10.5 Å². The second-order valence-electron chi connectivity index (χ2n) is 3.15. The first-order valence-corrected chi connectivity index (χ1v) is 4.45. The topological polar surface area (TPSA) is 115 Å². The predicted molar refractivity (Wildman–Crippen MR) is 60.0 cm³/mol. The number of hydrogen-bond donors (Lipinski definition) is 4. The standard InChI is InChI=1S/C10H11N5O/c1-6-2-3-8(7(4-6)5-11)14-9(12)15-10(13)16/h2-4H,1H3,(H5,12,13,14,15,16). The van der Waals surface area contributed by atoms with Crippen molar-refractivity contribution < 1.29 is 4.79 Å². The normalized spacial score (nSPS) is 9.00. The molecule has 6 heteroatoms. The maximum absolute atomic E-state index is 10.5. The summed E-state index contributed by atoms with van der Waals surface area (Å²) in [7, 11) is 0. The SMILES string of the molecule is Cc1ccc(NC(=N)NC(N)=O)c(C#N)c1. The highest BCUT2D eigenvalue weighted by Gasteiger charge is 2.05. The van der Waals surface area contributed by atoms with Crippen LogP contribution in [0.25, 0.3) is 0 Å². The minimum atomic E-state index is -0.830. The Hall–Kier alpha value is -2.55. The predicted octanol–water partition coefficient (Wildman–Crippen LogP) is 0.882. The Morgan fingerprint density at radius 3 is 2.81 bits per heavy atom. The number of nitrogens with two attached hydrogens (primary N) is 1. The minimum Gasteiger partial charge on any atom is -0.351 e. The van der Waals surface area contributed by atoms with Crippen molar-refractivity contribution in [1.29, 1.82) is 10.7 Å². The summed E-state index contributed by atoms with van der Waals surface area (Å²) in [5.41, 5.74) is 6.64. The van der Waals surface area contributed by atoms with Crippen LogP contribution in [0.1, 0.15) is 11.1 Å². The summed E-state index contributed by atoms with van der Waals surface area (Å²) in [6.45, 7) is 1.86. The second kappa shape index (κ2) is 4.79. The third-order valence-electron chi connectivity index (χ3n) is 1.80. The molecule has 82 valence electrons. The zero-order chi connectivity index (χ0) is 12.1. The van der Waals surface area contributed by atoms with Crippen LogP contribution >= 0.6 is 0 Å². The fourth-order valence-corrected chi connectivity index (χ4v) is 1.15. The number of guanidine groups is 1. The van der Waals surface area contributed by atoms with E-state index >= 15 is 0 Å². The van der Waals surface area contributed by atoms with E-state index in [1.807, 2.05) is 13.0 Å². The van der Waals surface area contributed by atoms with E-state index in [0.717, 1.165) is 5.56 Å². The number of amides is 2. The summed E-state index contributed by atoms with van der Waals surface area (Å²) in [6, 6.07) is 6.29. The number of nitrogens with zero attached hydrogens (tertiary/aromatic N) is 1. The largest absolute Gasteiger partial charge is 0.351 e. The Morgan fingerprint density at radius 1 is 1.56 bits per heavy atom. The van der Waals surface area contributed by atoms with Gasteiger partial charge in [-0.15, -0.1) is 0 Å². The number of anilines is 1. The van der Waals surface area contributed by atoms with Crippen molar-refractivity contribution >= 4 is 17.7 Å². The number of hydrogen-bond acceptors (Lipinski definition) is 3. The van der Waals surface area contributed by atoms with Gasteiger partial charge in [0.15, 0.2) is 0 Å². The lowest BCUT2D eigenvalue weighted by molar-refractivity contribution is 0.253. The Morgan fingerprint density at radius 2 is 2.25 bits per heavy atom. The van der Waals surface area contributed by atoms with Crippen LogP contribution in [0.5, 0.6) is 0 Å². The van der Waals surface area contributed by atoms with Gasteiger partial charge in [0, 0.05) is 0 Å². The van der Waals surface area contributed by atoms with E-state index in [-0.39, 0.29) is 5.96 Å². The van der Waals surface area contributed by atoms with Crippen molar-refractivity contribution in [1.82, 2.24) is 5.32 Å². The Balaban J connectivity index is 2.86. The number of carbonyl (C=O) groups is 1. The van der Waals surface area contributed by atoms with Crippen LogP contribution in [-0.4, -0.2) is 12.0 Å². The van der Waals surface area contributed by atoms with E-state index in [4.69, 9.17) is 16.4 Å². The summed E-state index contributed by atoms with van der Waals surface area (Å²) >= 11 is 0. The molecule has 0 aliphatic rings. The molecule has 0 aliphatic carbocycles. The van der Waals surface area contributed by atoms with Gasteiger partial charge < -0.3 is 11.1 Å². The summed E-state index contributed by atoms with van der Waals surface area (Å²) in [4.78, 5) is 10.5. The molecule has 0 fully saturated rings. The maximum Gasteiger partial charge on any atom is 0.318 e. The number of aryl methyl sites for hydroxylation is 1. The highest BCUT2D eigenvalue weighted by molar-refractivity contribution is 6.02. The van der Waals surface area contributed by atoms with E-state index in [9.17, 15) is 4.79 Å². The smallest absolute Gasteiger partial charge is 0.318 e. The van der Waals surface area contributed by atoms with Gasteiger partial charge in [-0.25, -0.2) is 4.79 Å². The zero-order valence-electron chi connectivity index (χ0n) is 8.66. The lowest BCUT2D eigenvalue weighted by Gasteiger charge is -2.09. The van der Waals surface area contributed by atoms with Crippen LogP contribution in [-0.2, 0) is 0 Å². The highest BCUT2D eigenvalue weighted by atomic mass is 16.2. The monoisotopic (exact) mass is 217 g/mol. The van der Waals surface area contributed by atoms with Crippen LogP contribution in [0.3, 0.4) is 0 Å². The molecule has 1 aromatic rings. The molecule has 5 N–H and O–H groups in total. The molecule has 0 radical (unpaired) electrons. The summed E-state index contributed by atoms with van der Waals surface area (Å²) in [5.74, 6) is -0.271. The van der Waals surface area contributed by atoms with Gasteiger partial charge in [0.05, 0.1) is 11.3 Å². The van der Waals surface area contributed by atoms with Gasteiger partial charge in [0.1, 0.15) is 6.07 Å². The Kier molecular flexibility index (Phi) is 3.45. The van der Waals surface area contributed by atoms with Gasteiger partial charge in [-0.2, -0.15) is 5.26 Å². The fourth-order valence-electron chi connectivity index (χ4n) is 1.15. The van der Waals surface area contributed by atoms with Crippen LogP contribution in [0.15, 0.2) is 18.2 Å². The first-order chi connectivity index (χ1) is 7.52. The van der Waals surface area contributed by atoms with Gasteiger partial charge in [0.2, 0.25) is 5.96 Å². The molecule has 1 aromatic carbocycles. The third kappa shape index (κ3) is 2.99. The van der Waals surface area contributed by atoms with Crippen molar-refractivity contribution in [3.05, 3.63) is 29.3 Å². The molecular formula is C10H11N5O. The lowest BCUT2D eigenvalue weighted by Crippen LogP contribution is -2.38. The van der Waals surface area contributed by atoms with Crippen molar-refractivity contribution in [3.8, 4) is 6.07 Å². The molecular weight excluding hydrogens is 206 g/mol. The van der Waals surface area contributed by atoms with Crippen molar-refractivity contribution in [2.75, 3.05) is 5.32 Å². The molecule has 0 bridgehead atoms. The van der Waals surface area contributed by atoms with E-state index in [0.29, 0.717) is 11.3 Å². The van der Waals surface area contributed by atoms with Crippen LogP contribution in [0.2, 0.25) is 0 Å². The first kappa shape index (κ1) is 11.5. The molecule has 0 aliphatic heterocycles. The van der Waals surface area contributed by atoms with E-state index in [1.165, 1.54) is 0 Å². The van der Waals surface area contributed by atoms with Gasteiger partial charge in [-0.3, -0.25) is 10.7 Å². The molecule has 0 saturated heterocycles. The number of nitrogens with one attached hydrogen (secondary N) is 3. The average molecular weight is 217 g/mol. The molecule has 0 heterocycles. The molecule has 0 unspecified atom stereocenters. The van der Waals surface area contributed by atoms with Crippen molar-refractivity contribution in [2.24, 2.45) is 5.73 Å².